The maximum atomic E-state index is 12.6. The van der Waals surface area contributed by atoms with E-state index >= 15 is 0 Å². The minimum absolute atomic E-state index is 0.0326. The highest BCUT2D eigenvalue weighted by molar-refractivity contribution is 7.89. The number of aromatic nitrogens is 2. The summed E-state index contributed by atoms with van der Waals surface area (Å²) in [5.74, 6) is 0.401. The summed E-state index contributed by atoms with van der Waals surface area (Å²) in [6.45, 7) is 1.94. The highest BCUT2D eigenvalue weighted by atomic mass is 35.5. The molecule has 0 amide bonds. The van der Waals surface area contributed by atoms with E-state index in [1.807, 2.05) is 6.92 Å². The maximum absolute atomic E-state index is 12.6. The summed E-state index contributed by atoms with van der Waals surface area (Å²) in [5.41, 5.74) is 0. The third-order valence-corrected chi connectivity index (χ3v) is 6.84. The molecular formula is C13H18ClN3O2S2. The first-order chi connectivity index (χ1) is 9.99. The second kappa shape index (κ2) is 5.87. The van der Waals surface area contributed by atoms with Crippen LogP contribution in [0.3, 0.4) is 0 Å². The average Bonchev–Trinajstić information content (AvgIpc) is 2.98. The van der Waals surface area contributed by atoms with Crippen LogP contribution in [0.1, 0.15) is 39.0 Å². The van der Waals surface area contributed by atoms with Gasteiger partial charge in [-0.1, -0.05) is 30.9 Å². The molecule has 1 saturated carbocycles. The van der Waals surface area contributed by atoms with Crippen molar-refractivity contribution in [2.75, 3.05) is 0 Å². The van der Waals surface area contributed by atoms with Crippen LogP contribution in [0.5, 0.6) is 0 Å². The minimum atomic E-state index is -3.67. The Kier molecular flexibility index (Phi) is 4.27. The quantitative estimate of drug-likeness (QED) is 0.922. The molecule has 1 atom stereocenters. The minimum Gasteiger partial charge on any atom is -0.279 e. The number of imidazole rings is 1. The van der Waals surface area contributed by atoms with Crippen LogP contribution in [0.4, 0.5) is 0 Å². The number of sulfonamides is 1. The van der Waals surface area contributed by atoms with Crippen molar-refractivity contribution in [1.29, 1.82) is 0 Å². The van der Waals surface area contributed by atoms with Crippen molar-refractivity contribution in [3.8, 4) is 0 Å². The number of nitrogens with one attached hydrogen (secondary N) is 1. The summed E-state index contributed by atoms with van der Waals surface area (Å²) in [6, 6.07) is -0.0875. The van der Waals surface area contributed by atoms with Crippen molar-refractivity contribution in [2.45, 2.75) is 50.1 Å². The van der Waals surface area contributed by atoms with E-state index in [9.17, 15) is 8.42 Å². The first-order valence-electron chi connectivity index (χ1n) is 7.12. The van der Waals surface area contributed by atoms with Gasteiger partial charge < -0.3 is 0 Å². The third kappa shape index (κ3) is 2.97. The molecule has 8 heteroatoms. The molecule has 0 aliphatic heterocycles. The van der Waals surface area contributed by atoms with Gasteiger partial charge in [0.15, 0.2) is 15.1 Å². The van der Waals surface area contributed by atoms with Crippen molar-refractivity contribution >= 4 is 37.9 Å². The molecule has 1 fully saturated rings. The SMILES string of the molecule is CC(NS(=O)(=O)c1c(Cl)nc2sccn12)C1CCCCC1. The molecule has 21 heavy (non-hydrogen) atoms. The van der Waals surface area contributed by atoms with Gasteiger partial charge in [-0.2, -0.15) is 0 Å². The Morgan fingerprint density at radius 1 is 1.43 bits per heavy atom. The van der Waals surface area contributed by atoms with Crippen LogP contribution in [0.2, 0.25) is 5.15 Å². The molecule has 5 nitrogen and oxygen atoms in total. The maximum Gasteiger partial charge on any atom is 0.260 e. The number of hydrogen-bond donors (Lipinski definition) is 1. The van der Waals surface area contributed by atoms with Gasteiger partial charge >= 0.3 is 0 Å². The Bertz CT molecular complexity index is 732. The molecule has 0 spiro atoms. The number of nitrogens with zero attached hydrogens (tertiary/aromatic N) is 2. The zero-order valence-corrected chi connectivity index (χ0v) is 14.1. The van der Waals surface area contributed by atoms with Gasteiger partial charge in [-0.15, -0.1) is 11.3 Å². The van der Waals surface area contributed by atoms with Gasteiger partial charge in [0.2, 0.25) is 0 Å². The van der Waals surface area contributed by atoms with Crippen molar-refractivity contribution < 1.29 is 8.42 Å². The van der Waals surface area contributed by atoms with Crippen molar-refractivity contribution in [2.24, 2.45) is 5.92 Å². The lowest BCUT2D eigenvalue weighted by Crippen LogP contribution is -2.39. The van der Waals surface area contributed by atoms with E-state index in [1.54, 1.807) is 11.6 Å². The Morgan fingerprint density at radius 2 is 2.14 bits per heavy atom. The Balaban J connectivity index is 1.86. The fourth-order valence-electron chi connectivity index (χ4n) is 3.01. The molecule has 2 heterocycles. The van der Waals surface area contributed by atoms with Gasteiger partial charge in [0, 0.05) is 17.6 Å². The number of rotatable bonds is 4. The van der Waals surface area contributed by atoms with Crippen molar-refractivity contribution in [3.05, 3.63) is 16.7 Å². The summed E-state index contributed by atoms with van der Waals surface area (Å²) in [6.07, 6.45) is 7.45. The van der Waals surface area contributed by atoms with Gasteiger partial charge in [-0.3, -0.25) is 4.40 Å². The second-order valence-electron chi connectivity index (χ2n) is 5.57. The van der Waals surface area contributed by atoms with Crippen LogP contribution in [-0.2, 0) is 10.0 Å². The van der Waals surface area contributed by atoms with E-state index in [0.717, 1.165) is 12.8 Å². The largest absolute Gasteiger partial charge is 0.279 e. The fourth-order valence-corrected chi connectivity index (χ4v) is 5.77. The molecule has 0 aromatic carbocycles. The normalized spacial score (nSPS) is 19.1. The number of fused-ring (bicyclic) bond motifs is 1. The molecule has 1 unspecified atom stereocenters. The van der Waals surface area contributed by atoms with Crippen LogP contribution in [0.25, 0.3) is 4.96 Å². The molecule has 1 aliphatic carbocycles. The summed E-state index contributed by atoms with van der Waals surface area (Å²) in [7, 11) is -3.67. The number of halogens is 1. The summed E-state index contributed by atoms with van der Waals surface area (Å²) >= 11 is 7.38. The summed E-state index contributed by atoms with van der Waals surface area (Å²) < 4.78 is 29.6. The highest BCUT2D eigenvalue weighted by Gasteiger charge is 2.29. The zero-order chi connectivity index (χ0) is 15.0. The van der Waals surface area contributed by atoms with Crippen LogP contribution in [-0.4, -0.2) is 23.8 Å². The van der Waals surface area contributed by atoms with Gasteiger partial charge in [0.05, 0.1) is 0 Å². The highest BCUT2D eigenvalue weighted by Crippen LogP contribution is 2.29. The summed E-state index contributed by atoms with van der Waals surface area (Å²) in [4.78, 5) is 4.68. The van der Waals surface area contributed by atoms with Crippen LogP contribution in [0, 0.1) is 5.92 Å². The molecule has 2 aromatic heterocycles. The first kappa shape index (κ1) is 15.3. The Hall–Kier alpha value is -0.630. The monoisotopic (exact) mass is 347 g/mol. The van der Waals surface area contributed by atoms with E-state index in [1.165, 1.54) is 35.0 Å². The average molecular weight is 348 g/mol. The van der Waals surface area contributed by atoms with E-state index in [-0.39, 0.29) is 16.2 Å². The molecule has 1 N–H and O–H groups in total. The lowest BCUT2D eigenvalue weighted by Gasteiger charge is -2.27. The molecule has 0 radical (unpaired) electrons. The van der Waals surface area contributed by atoms with E-state index in [0.29, 0.717) is 10.9 Å². The van der Waals surface area contributed by atoms with Crippen molar-refractivity contribution in [1.82, 2.24) is 14.1 Å². The van der Waals surface area contributed by atoms with Crippen molar-refractivity contribution in [3.63, 3.8) is 0 Å². The molecular weight excluding hydrogens is 330 g/mol. The van der Waals surface area contributed by atoms with E-state index < -0.39 is 10.0 Å². The second-order valence-corrected chi connectivity index (χ2v) is 8.43. The smallest absolute Gasteiger partial charge is 0.260 e. The predicted molar refractivity (Wildman–Crippen MR) is 84.4 cm³/mol. The molecule has 3 rings (SSSR count). The molecule has 116 valence electrons. The van der Waals surface area contributed by atoms with Crippen LogP contribution in [0.15, 0.2) is 16.6 Å². The Labute approximate surface area is 133 Å². The predicted octanol–water partition coefficient (Wildman–Crippen LogP) is 3.30. The molecule has 0 bridgehead atoms. The third-order valence-electron chi connectivity index (χ3n) is 4.13. The first-order valence-corrected chi connectivity index (χ1v) is 9.86. The Morgan fingerprint density at radius 3 is 2.86 bits per heavy atom. The van der Waals surface area contributed by atoms with Gasteiger partial charge in [0.25, 0.3) is 10.0 Å². The van der Waals surface area contributed by atoms with Gasteiger partial charge in [0.1, 0.15) is 0 Å². The number of hydrogen-bond acceptors (Lipinski definition) is 4. The lowest BCUT2D eigenvalue weighted by molar-refractivity contribution is 0.303. The topological polar surface area (TPSA) is 63.5 Å². The number of thiazole rings is 1. The standard InChI is InChI=1S/C13H18ClN3O2S2/c1-9(10-5-3-2-4-6-10)16-21(18,19)12-11(14)15-13-17(12)7-8-20-13/h7-10,16H,2-6H2,1H3. The van der Waals surface area contributed by atoms with Gasteiger partial charge in [-0.25, -0.2) is 18.1 Å². The van der Waals surface area contributed by atoms with Gasteiger partial charge in [-0.05, 0) is 25.7 Å². The van der Waals surface area contributed by atoms with Crippen LogP contribution >= 0.6 is 22.9 Å². The fraction of sp³-hybridized carbons (Fsp3) is 0.615. The molecule has 0 saturated heterocycles. The van der Waals surface area contributed by atoms with Crippen LogP contribution < -0.4 is 4.72 Å². The molecule has 1 aliphatic rings. The molecule has 2 aromatic rings. The zero-order valence-electron chi connectivity index (χ0n) is 11.8. The lowest BCUT2D eigenvalue weighted by atomic mass is 9.85. The van der Waals surface area contributed by atoms with E-state index in [4.69, 9.17) is 11.6 Å². The van der Waals surface area contributed by atoms with E-state index in [2.05, 4.69) is 9.71 Å². The summed E-state index contributed by atoms with van der Waals surface area (Å²) in [5, 5.41) is 1.87.